The van der Waals surface area contributed by atoms with E-state index < -0.39 is 16.0 Å². The van der Waals surface area contributed by atoms with Crippen LogP contribution in [0.3, 0.4) is 0 Å². The summed E-state index contributed by atoms with van der Waals surface area (Å²) in [6.07, 6.45) is 2.76. The Bertz CT molecular complexity index is 1060. The lowest BCUT2D eigenvalue weighted by Gasteiger charge is -2.09. The Morgan fingerprint density at radius 1 is 1.24 bits per heavy atom. The number of carboxylic acid groups (broad SMARTS) is 1. The summed E-state index contributed by atoms with van der Waals surface area (Å²) in [5.74, 6) is -1.27. The number of carbonyl (C=O) groups is 1. The standard InChI is InChI=1S/C15H17N5O4S/c1-9(2)20-13-5-4-11(6-10(13)7-17-20)25(23,24)18-12-8-16-19(3)14(12)15(21)22/h4-9,18H,1-3H3,(H,21,22). The van der Waals surface area contributed by atoms with Gasteiger partial charge >= 0.3 is 5.97 Å². The van der Waals surface area contributed by atoms with Crippen molar-refractivity contribution >= 4 is 32.6 Å². The number of benzene rings is 1. The van der Waals surface area contributed by atoms with Gasteiger partial charge in [-0.25, -0.2) is 13.2 Å². The minimum Gasteiger partial charge on any atom is -0.476 e. The minimum absolute atomic E-state index is 0.0171. The molecule has 10 heteroatoms. The van der Waals surface area contributed by atoms with Crippen LogP contribution in [0.4, 0.5) is 5.69 Å². The zero-order chi connectivity index (χ0) is 18.4. The topological polar surface area (TPSA) is 119 Å². The smallest absolute Gasteiger partial charge is 0.356 e. The molecule has 0 amide bonds. The molecule has 0 unspecified atom stereocenters. The number of carboxylic acids is 1. The maximum absolute atomic E-state index is 12.6. The lowest BCUT2D eigenvalue weighted by molar-refractivity contribution is 0.0686. The molecule has 132 valence electrons. The molecule has 3 rings (SSSR count). The van der Waals surface area contributed by atoms with Crippen LogP contribution in [0.15, 0.2) is 35.5 Å². The maximum atomic E-state index is 12.6. The molecule has 9 nitrogen and oxygen atoms in total. The van der Waals surface area contributed by atoms with E-state index in [0.29, 0.717) is 5.39 Å². The van der Waals surface area contributed by atoms with Crippen LogP contribution in [0.25, 0.3) is 10.9 Å². The molecule has 0 aliphatic heterocycles. The number of hydrogen-bond acceptors (Lipinski definition) is 5. The lowest BCUT2D eigenvalue weighted by Crippen LogP contribution is -2.16. The zero-order valence-corrected chi connectivity index (χ0v) is 14.6. The van der Waals surface area contributed by atoms with Crippen LogP contribution in [0.5, 0.6) is 0 Å². The van der Waals surface area contributed by atoms with Gasteiger partial charge in [0.25, 0.3) is 10.0 Å². The van der Waals surface area contributed by atoms with E-state index in [1.54, 1.807) is 16.9 Å². The predicted molar refractivity (Wildman–Crippen MR) is 91.1 cm³/mol. The van der Waals surface area contributed by atoms with Crippen molar-refractivity contribution in [3.63, 3.8) is 0 Å². The molecule has 0 spiro atoms. The molecule has 2 aromatic heterocycles. The highest BCUT2D eigenvalue weighted by Gasteiger charge is 2.22. The fourth-order valence-electron chi connectivity index (χ4n) is 2.58. The Kier molecular flexibility index (Phi) is 3.99. The number of aromatic nitrogens is 4. The van der Waals surface area contributed by atoms with Gasteiger partial charge in [0.1, 0.15) is 5.69 Å². The van der Waals surface area contributed by atoms with Gasteiger partial charge in [-0.2, -0.15) is 10.2 Å². The Morgan fingerprint density at radius 3 is 2.60 bits per heavy atom. The van der Waals surface area contributed by atoms with Crippen molar-refractivity contribution in [2.45, 2.75) is 24.8 Å². The first-order valence-corrected chi connectivity index (χ1v) is 8.94. The van der Waals surface area contributed by atoms with Gasteiger partial charge in [0.05, 0.1) is 22.8 Å². The number of hydrogen-bond donors (Lipinski definition) is 2. The van der Waals surface area contributed by atoms with Crippen molar-refractivity contribution in [2.24, 2.45) is 7.05 Å². The number of sulfonamides is 1. The van der Waals surface area contributed by atoms with Crippen LogP contribution in [-0.2, 0) is 17.1 Å². The van der Waals surface area contributed by atoms with Gasteiger partial charge in [-0.1, -0.05) is 0 Å². The largest absolute Gasteiger partial charge is 0.476 e. The van der Waals surface area contributed by atoms with Gasteiger partial charge in [0.15, 0.2) is 5.69 Å². The first kappa shape index (κ1) is 17.0. The fraction of sp³-hybridized carbons (Fsp3) is 0.267. The van der Waals surface area contributed by atoms with E-state index in [1.807, 2.05) is 13.8 Å². The number of rotatable bonds is 5. The second-order valence-electron chi connectivity index (χ2n) is 5.84. The summed E-state index contributed by atoms with van der Waals surface area (Å²) in [4.78, 5) is 11.3. The molecule has 0 atom stereocenters. The van der Waals surface area contributed by atoms with Crippen molar-refractivity contribution in [1.82, 2.24) is 19.6 Å². The van der Waals surface area contributed by atoms with Crippen molar-refractivity contribution in [1.29, 1.82) is 0 Å². The highest BCUT2D eigenvalue weighted by atomic mass is 32.2. The number of fused-ring (bicyclic) bond motifs is 1. The number of anilines is 1. The van der Waals surface area contributed by atoms with Gasteiger partial charge in [-0.05, 0) is 32.0 Å². The van der Waals surface area contributed by atoms with E-state index in [-0.39, 0.29) is 22.3 Å². The van der Waals surface area contributed by atoms with Crippen LogP contribution in [0.2, 0.25) is 0 Å². The van der Waals surface area contributed by atoms with E-state index in [2.05, 4.69) is 14.9 Å². The number of nitrogens with zero attached hydrogens (tertiary/aromatic N) is 4. The average Bonchev–Trinajstić information content (AvgIpc) is 3.09. The summed E-state index contributed by atoms with van der Waals surface area (Å²) < 4.78 is 30.4. The van der Waals surface area contributed by atoms with E-state index >= 15 is 0 Å². The van der Waals surface area contributed by atoms with E-state index in [4.69, 9.17) is 0 Å². The molecular weight excluding hydrogens is 346 g/mol. The third-order valence-electron chi connectivity index (χ3n) is 3.75. The molecule has 2 heterocycles. The summed E-state index contributed by atoms with van der Waals surface area (Å²) in [5.41, 5.74) is 0.492. The van der Waals surface area contributed by atoms with Crippen LogP contribution in [0, 0.1) is 0 Å². The van der Waals surface area contributed by atoms with Crippen LogP contribution < -0.4 is 4.72 Å². The van der Waals surface area contributed by atoms with Crippen molar-refractivity contribution in [2.75, 3.05) is 4.72 Å². The van der Waals surface area contributed by atoms with Crippen LogP contribution in [-0.4, -0.2) is 39.1 Å². The van der Waals surface area contributed by atoms with Gasteiger partial charge in [-0.3, -0.25) is 14.1 Å². The molecule has 1 aromatic carbocycles. The Hall–Kier alpha value is -2.88. The Labute approximate surface area is 143 Å². The monoisotopic (exact) mass is 363 g/mol. The number of nitrogens with one attached hydrogen (secondary N) is 1. The second-order valence-corrected chi connectivity index (χ2v) is 7.53. The van der Waals surface area contributed by atoms with Crippen molar-refractivity contribution < 1.29 is 18.3 Å². The minimum atomic E-state index is -3.96. The third-order valence-corrected chi connectivity index (χ3v) is 5.12. The average molecular weight is 363 g/mol. The molecule has 0 saturated heterocycles. The molecule has 25 heavy (non-hydrogen) atoms. The van der Waals surface area contributed by atoms with Crippen LogP contribution in [0.1, 0.15) is 30.4 Å². The lowest BCUT2D eigenvalue weighted by atomic mass is 10.2. The molecule has 0 aliphatic rings. The highest BCUT2D eigenvalue weighted by Crippen LogP contribution is 2.24. The summed E-state index contributed by atoms with van der Waals surface area (Å²) >= 11 is 0. The predicted octanol–water partition coefficient (Wildman–Crippen LogP) is 1.85. The molecule has 0 aliphatic carbocycles. The fourth-order valence-corrected chi connectivity index (χ4v) is 3.67. The molecular formula is C15H17N5O4S. The van der Waals surface area contributed by atoms with Crippen LogP contribution >= 0.6 is 0 Å². The van der Waals surface area contributed by atoms with Gasteiger partial charge in [0, 0.05) is 18.5 Å². The molecule has 0 saturated carbocycles. The van der Waals surface area contributed by atoms with Crippen molar-refractivity contribution in [3.8, 4) is 0 Å². The maximum Gasteiger partial charge on any atom is 0.356 e. The SMILES string of the molecule is CC(C)n1ncc2cc(S(=O)(=O)Nc3cnn(C)c3C(=O)O)ccc21. The normalized spacial score (nSPS) is 12.0. The first-order chi connectivity index (χ1) is 11.7. The molecule has 0 fully saturated rings. The first-order valence-electron chi connectivity index (χ1n) is 7.46. The quantitative estimate of drug-likeness (QED) is 0.714. The molecule has 3 aromatic rings. The molecule has 0 bridgehead atoms. The van der Waals surface area contributed by atoms with Gasteiger partial charge in [0.2, 0.25) is 0 Å². The van der Waals surface area contributed by atoms with E-state index in [9.17, 15) is 18.3 Å². The summed E-state index contributed by atoms with van der Waals surface area (Å²) in [6.45, 7) is 3.96. The van der Waals surface area contributed by atoms with E-state index in [0.717, 1.165) is 16.4 Å². The van der Waals surface area contributed by atoms with Gasteiger partial charge < -0.3 is 5.11 Å². The number of aromatic carboxylic acids is 1. The van der Waals surface area contributed by atoms with Gasteiger partial charge in [-0.15, -0.1) is 0 Å². The van der Waals surface area contributed by atoms with E-state index in [1.165, 1.54) is 19.2 Å². The molecule has 2 N–H and O–H groups in total. The third kappa shape index (κ3) is 2.95. The second kappa shape index (κ2) is 5.88. The van der Waals surface area contributed by atoms with Crippen molar-refractivity contribution in [3.05, 3.63) is 36.3 Å². The summed E-state index contributed by atoms with van der Waals surface area (Å²) in [5, 5.41) is 17.9. The molecule has 0 radical (unpaired) electrons. The highest BCUT2D eigenvalue weighted by molar-refractivity contribution is 7.92. The summed E-state index contributed by atoms with van der Waals surface area (Å²) in [6, 6.07) is 4.78. The summed E-state index contributed by atoms with van der Waals surface area (Å²) in [7, 11) is -2.54. The Morgan fingerprint density at radius 2 is 1.96 bits per heavy atom. The zero-order valence-electron chi connectivity index (χ0n) is 13.8. The number of aryl methyl sites for hydroxylation is 1. The Balaban J connectivity index is 2.01.